The Labute approximate surface area is 176 Å². The molecule has 10 heteroatoms. The van der Waals surface area contributed by atoms with Crippen molar-refractivity contribution in [3.63, 3.8) is 0 Å². The molecule has 1 aliphatic carbocycles. The fourth-order valence-electron chi connectivity index (χ4n) is 2.67. The molecule has 5 N–H and O–H groups in total. The Hall–Kier alpha value is -3.14. The summed E-state index contributed by atoms with van der Waals surface area (Å²) in [7, 11) is 0. The van der Waals surface area contributed by atoms with Crippen molar-refractivity contribution in [1.82, 2.24) is 25.3 Å². The summed E-state index contributed by atoms with van der Waals surface area (Å²) >= 11 is 3.47. The zero-order valence-corrected chi connectivity index (χ0v) is 17.2. The maximum Gasteiger partial charge on any atom is 0.319 e. The van der Waals surface area contributed by atoms with E-state index in [1.807, 2.05) is 30.5 Å². The Balaban J connectivity index is 1.37. The largest absolute Gasteiger partial charge is 0.369 e. The molecule has 0 saturated heterocycles. The van der Waals surface area contributed by atoms with E-state index < -0.39 is 0 Å². The molecule has 4 rings (SSSR count). The highest BCUT2D eigenvalue weighted by molar-refractivity contribution is 9.10. The first-order chi connectivity index (χ1) is 14.2. The van der Waals surface area contributed by atoms with Crippen LogP contribution in [0.5, 0.6) is 0 Å². The van der Waals surface area contributed by atoms with E-state index in [9.17, 15) is 4.79 Å². The molecule has 29 heavy (non-hydrogen) atoms. The summed E-state index contributed by atoms with van der Waals surface area (Å²) in [6.07, 6.45) is 8.10. The number of rotatable bonds is 8. The summed E-state index contributed by atoms with van der Waals surface area (Å²) in [4.78, 5) is 27.9. The first-order valence-electron chi connectivity index (χ1n) is 9.34. The van der Waals surface area contributed by atoms with E-state index in [2.05, 4.69) is 57.1 Å². The molecular formula is C19H21BrN8O. The molecular weight excluding hydrogens is 436 g/mol. The Morgan fingerprint density at radius 3 is 2.90 bits per heavy atom. The van der Waals surface area contributed by atoms with Gasteiger partial charge in [-0.2, -0.15) is 4.98 Å². The summed E-state index contributed by atoms with van der Waals surface area (Å²) in [6.45, 7) is 0.690. The zero-order chi connectivity index (χ0) is 20.1. The molecule has 2 amide bonds. The van der Waals surface area contributed by atoms with E-state index in [0.717, 1.165) is 35.1 Å². The minimum Gasteiger partial charge on any atom is -0.369 e. The number of urea groups is 1. The summed E-state index contributed by atoms with van der Waals surface area (Å²) in [6, 6.07) is 7.54. The Kier molecular flexibility index (Phi) is 5.89. The Morgan fingerprint density at radius 1 is 1.24 bits per heavy atom. The number of hydrogen-bond donors (Lipinski definition) is 5. The molecule has 1 saturated carbocycles. The molecule has 9 nitrogen and oxygen atoms in total. The maximum absolute atomic E-state index is 11.9. The van der Waals surface area contributed by atoms with Gasteiger partial charge in [0.25, 0.3) is 0 Å². The van der Waals surface area contributed by atoms with Crippen LogP contribution in [0.2, 0.25) is 0 Å². The van der Waals surface area contributed by atoms with Crippen LogP contribution in [0.25, 0.3) is 0 Å². The molecule has 0 unspecified atom stereocenters. The number of halogens is 1. The number of carbonyl (C=O) groups excluding carboxylic acids is 1. The summed E-state index contributed by atoms with van der Waals surface area (Å²) in [5.41, 5.74) is 2.46. The topological polar surface area (TPSA) is 120 Å². The molecule has 0 aliphatic heterocycles. The van der Waals surface area contributed by atoms with Gasteiger partial charge in [-0.05, 0) is 47.0 Å². The van der Waals surface area contributed by atoms with Crippen LogP contribution in [0.15, 0.2) is 47.5 Å². The SMILES string of the molecule is O=C(Nc1cccc(Nc2ncc(Br)c(NCCc3c[nH]cn3)n2)c1)NC1CC1. The quantitative estimate of drug-likeness (QED) is 0.352. The van der Waals surface area contributed by atoms with Crippen molar-refractivity contribution in [2.75, 3.05) is 22.5 Å². The lowest BCUT2D eigenvalue weighted by molar-refractivity contribution is 0.251. The van der Waals surface area contributed by atoms with E-state index in [0.29, 0.717) is 30.0 Å². The van der Waals surface area contributed by atoms with Crippen LogP contribution in [0.4, 0.5) is 27.9 Å². The third-order valence-corrected chi connectivity index (χ3v) is 4.84. The standard InChI is InChI=1S/C19H21BrN8O/c20-16-10-23-18(28-17(16)22-7-6-15-9-21-11-24-15)25-13-2-1-3-14(8-13)27-19(29)26-12-4-5-12/h1-3,8-12H,4-7H2,(H,21,24)(H2,26,27,29)(H2,22,23,25,28). The van der Waals surface area contributed by atoms with Gasteiger partial charge in [-0.15, -0.1) is 0 Å². The fraction of sp³-hybridized carbons (Fsp3) is 0.263. The Bertz CT molecular complexity index is 974. The highest BCUT2D eigenvalue weighted by Crippen LogP contribution is 2.23. The van der Waals surface area contributed by atoms with Crippen LogP contribution in [-0.2, 0) is 6.42 Å². The van der Waals surface area contributed by atoms with Crippen LogP contribution in [0, 0.1) is 0 Å². The number of aromatic amines is 1. The molecule has 150 valence electrons. The summed E-state index contributed by atoms with van der Waals surface area (Å²) in [5, 5.41) is 12.2. The lowest BCUT2D eigenvalue weighted by atomic mass is 10.3. The minimum atomic E-state index is -0.187. The molecule has 2 aromatic heterocycles. The van der Waals surface area contributed by atoms with Crippen LogP contribution in [0.3, 0.4) is 0 Å². The second kappa shape index (κ2) is 8.91. The highest BCUT2D eigenvalue weighted by atomic mass is 79.9. The van der Waals surface area contributed by atoms with Gasteiger partial charge in [0.05, 0.1) is 16.5 Å². The molecule has 1 aromatic carbocycles. The van der Waals surface area contributed by atoms with Gasteiger partial charge in [0, 0.05) is 42.8 Å². The monoisotopic (exact) mass is 456 g/mol. The van der Waals surface area contributed by atoms with Gasteiger partial charge >= 0.3 is 6.03 Å². The van der Waals surface area contributed by atoms with Gasteiger partial charge in [-0.25, -0.2) is 14.8 Å². The number of nitrogens with one attached hydrogen (secondary N) is 5. The Morgan fingerprint density at radius 2 is 2.10 bits per heavy atom. The van der Waals surface area contributed by atoms with Gasteiger partial charge in [-0.3, -0.25) is 0 Å². The first kappa shape index (κ1) is 19.2. The fourth-order valence-corrected chi connectivity index (χ4v) is 3.00. The average molecular weight is 457 g/mol. The lowest BCUT2D eigenvalue weighted by Crippen LogP contribution is -2.30. The van der Waals surface area contributed by atoms with Crippen LogP contribution < -0.4 is 21.3 Å². The van der Waals surface area contributed by atoms with Gasteiger partial charge in [0.1, 0.15) is 5.82 Å². The van der Waals surface area contributed by atoms with E-state index in [-0.39, 0.29) is 6.03 Å². The molecule has 2 heterocycles. The molecule has 0 bridgehead atoms. The average Bonchev–Trinajstić information content (AvgIpc) is 3.35. The third-order valence-electron chi connectivity index (χ3n) is 4.26. The van der Waals surface area contributed by atoms with Crippen molar-refractivity contribution in [2.24, 2.45) is 0 Å². The molecule has 0 radical (unpaired) electrons. The number of aromatic nitrogens is 4. The van der Waals surface area contributed by atoms with Crippen molar-refractivity contribution in [2.45, 2.75) is 25.3 Å². The van der Waals surface area contributed by atoms with E-state index in [1.165, 1.54) is 0 Å². The number of H-pyrrole nitrogens is 1. The third kappa shape index (κ3) is 5.67. The zero-order valence-electron chi connectivity index (χ0n) is 15.6. The second-order valence-electron chi connectivity index (χ2n) is 6.71. The number of hydrogen-bond acceptors (Lipinski definition) is 6. The molecule has 3 aromatic rings. The van der Waals surface area contributed by atoms with Gasteiger partial charge in [0.15, 0.2) is 0 Å². The van der Waals surface area contributed by atoms with Crippen molar-refractivity contribution in [3.05, 3.63) is 53.2 Å². The smallest absolute Gasteiger partial charge is 0.319 e. The number of imidazole rings is 1. The predicted octanol–water partition coefficient (Wildman–Crippen LogP) is 3.64. The molecule has 0 atom stereocenters. The van der Waals surface area contributed by atoms with Gasteiger partial charge in [-0.1, -0.05) is 6.07 Å². The van der Waals surface area contributed by atoms with Gasteiger partial charge < -0.3 is 26.3 Å². The maximum atomic E-state index is 11.9. The summed E-state index contributed by atoms with van der Waals surface area (Å²) < 4.78 is 0.775. The second-order valence-corrected chi connectivity index (χ2v) is 7.56. The highest BCUT2D eigenvalue weighted by Gasteiger charge is 2.23. The van der Waals surface area contributed by atoms with Crippen LogP contribution in [-0.4, -0.2) is 38.6 Å². The van der Waals surface area contributed by atoms with Crippen LogP contribution >= 0.6 is 15.9 Å². The van der Waals surface area contributed by atoms with Crippen LogP contribution in [0.1, 0.15) is 18.5 Å². The number of carbonyl (C=O) groups is 1. The van der Waals surface area contributed by atoms with Gasteiger partial charge in [0.2, 0.25) is 5.95 Å². The van der Waals surface area contributed by atoms with E-state index in [4.69, 9.17) is 0 Å². The number of amides is 2. The number of nitrogens with zero attached hydrogens (tertiary/aromatic N) is 3. The van der Waals surface area contributed by atoms with Crippen molar-refractivity contribution in [3.8, 4) is 0 Å². The number of anilines is 4. The van der Waals surface area contributed by atoms with E-state index in [1.54, 1.807) is 12.5 Å². The normalized spacial score (nSPS) is 13.0. The molecule has 1 fully saturated rings. The molecule has 0 spiro atoms. The summed E-state index contributed by atoms with van der Waals surface area (Å²) in [5.74, 6) is 1.14. The van der Waals surface area contributed by atoms with E-state index >= 15 is 0 Å². The lowest BCUT2D eigenvalue weighted by Gasteiger charge is -2.11. The predicted molar refractivity (Wildman–Crippen MR) is 115 cm³/mol. The first-order valence-corrected chi connectivity index (χ1v) is 10.1. The minimum absolute atomic E-state index is 0.187. The number of benzene rings is 1. The van der Waals surface area contributed by atoms with Crippen molar-refractivity contribution in [1.29, 1.82) is 0 Å². The van der Waals surface area contributed by atoms with Crippen molar-refractivity contribution >= 4 is 45.1 Å². The van der Waals surface area contributed by atoms with Crippen molar-refractivity contribution < 1.29 is 4.79 Å². The molecule has 1 aliphatic rings.